The first-order valence-corrected chi connectivity index (χ1v) is 18.4. The molecule has 0 amide bonds. The van der Waals surface area contributed by atoms with E-state index in [-0.39, 0.29) is 0 Å². The fraction of sp³-hybridized carbons (Fsp3) is 0. The van der Waals surface area contributed by atoms with E-state index in [1.54, 1.807) is 0 Å². The Bertz CT molecular complexity index is 2920. The number of hydrogen-bond donors (Lipinski definition) is 0. The van der Waals surface area contributed by atoms with Crippen molar-refractivity contribution in [2.75, 3.05) is 4.90 Å². The average Bonchev–Trinajstić information content (AvgIpc) is 3.64. The lowest BCUT2D eigenvalue weighted by molar-refractivity contribution is 0.669. The molecule has 0 bridgehead atoms. The van der Waals surface area contributed by atoms with Gasteiger partial charge in [0.2, 0.25) is 0 Å². The van der Waals surface area contributed by atoms with Gasteiger partial charge in [0.15, 0.2) is 0 Å². The zero-order chi connectivity index (χ0) is 35.8. The van der Waals surface area contributed by atoms with Crippen LogP contribution in [0.3, 0.4) is 0 Å². The number of rotatable bonds is 7. The van der Waals surface area contributed by atoms with Crippen LogP contribution in [0.4, 0.5) is 17.1 Å². The second-order valence-corrected chi connectivity index (χ2v) is 13.7. The molecule has 0 radical (unpaired) electrons. The summed E-state index contributed by atoms with van der Waals surface area (Å²) in [6.07, 6.45) is 0. The Morgan fingerprint density at radius 2 is 0.796 bits per heavy atom. The Balaban J connectivity index is 1.03. The molecule has 254 valence electrons. The molecule has 0 spiro atoms. The smallest absolute Gasteiger partial charge is 0.137 e. The highest BCUT2D eigenvalue weighted by Gasteiger charge is 2.19. The molecule has 1 aromatic heterocycles. The molecular formula is C52H35NO. The summed E-state index contributed by atoms with van der Waals surface area (Å²) in [6.45, 7) is 0. The lowest BCUT2D eigenvalue weighted by Gasteiger charge is -2.26. The summed E-state index contributed by atoms with van der Waals surface area (Å²) in [5, 5.41) is 4.72. The third kappa shape index (κ3) is 5.71. The average molecular weight is 690 g/mol. The van der Waals surface area contributed by atoms with E-state index in [1.807, 2.05) is 12.1 Å². The van der Waals surface area contributed by atoms with Gasteiger partial charge in [0.1, 0.15) is 11.2 Å². The number of anilines is 3. The van der Waals surface area contributed by atoms with E-state index < -0.39 is 0 Å². The van der Waals surface area contributed by atoms with Crippen LogP contribution in [0.1, 0.15) is 0 Å². The fourth-order valence-corrected chi connectivity index (χ4v) is 7.83. The van der Waals surface area contributed by atoms with E-state index in [9.17, 15) is 0 Å². The Morgan fingerprint density at radius 1 is 0.315 bits per heavy atom. The number of furan rings is 1. The van der Waals surface area contributed by atoms with Crippen molar-refractivity contribution in [1.29, 1.82) is 0 Å². The van der Waals surface area contributed by atoms with E-state index >= 15 is 0 Å². The highest BCUT2D eigenvalue weighted by Crippen LogP contribution is 2.43. The van der Waals surface area contributed by atoms with Gasteiger partial charge in [-0.3, -0.25) is 0 Å². The minimum absolute atomic E-state index is 0.873. The van der Waals surface area contributed by atoms with E-state index in [0.717, 1.165) is 44.6 Å². The van der Waals surface area contributed by atoms with Crippen LogP contribution in [0.2, 0.25) is 0 Å². The molecule has 0 fully saturated rings. The molecule has 0 saturated heterocycles. The van der Waals surface area contributed by atoms with Gasteiger partial charge in [-0.25, -0.2) is 0 Å². The van der Waals surface area contributed by atoms with E-state index in [4.69, 9.17) is 4.42 Å². The van der Waals surface area contributed by atoms with Gasteiger partial charge < -0.3 is 9.32 Å². The summed E-state index contributed by atoms with van der Waals surface area (Å²) in [5.41, 5.74) is 14.6. The van der Waals surface area contributed by atoms with Crippen molar-refractivity contribution in [3.05, 3.63) is 212 Å². The topological polar surface area (TPSA) is 16.4 Å². The second-order valence-electron chi connectivity index (χ2n) is 13.7. The summed E-state index contributed by atoms with van der Waals surface area (Å²) in [6, 6.07) is 75.9. The highest BCUT2D eigenvalue weighted by molar-refractivity contribution is 6.13. The van der Waals surface area contributed by atoms with Crippen LogP contribution >= 0.6 is 0 Å². The predicted octanol–water partition coefficient (Wildman–Crippen LogP) is 14.9. The lowest BCUT2D eigenvalue weighted by atomic mass is 9.94. The Hall–Kier alpha value is -7.16. The van der Waals surface area contributed by atoms with Gasteiger partial charge >= 0.3 is 0 Å². The second kappa shape index (κ2) is 13.4. The normalized spacial score (nSPS) is 11.3. The fourth-order valence-electron chi connectivity index (χ4n) is 7.83. The van der Waals surface area contributed by atoms with Crippen molar-refractivity contribution in [3.8, 4) is 44.5 Å². The van der Waals surface area contributed by atoms with Crippen LogP contribution in [0.25, 0.3) is 77.2 Å². The third-order valence-electron chi connectivity index (χ3n) is 10.5. The molecule has 9 aromatic carbocycles. The van der Waals surface area contributed by atoms with E-state index in [2.05, 4.69) is 205 Å². The van der Waals surface area contributed by atoms with Crippen molar-refractivity contribution >= 4 is 49.8 Å². The molecule has 0 unspecified atom stereocenters. The maximum Gasteiger partial charge on any atom is 0.137 e. The van der Waals surface area contributed by atoms with Gasteiger partial charge in [-0.1, -0.05) is 158 Å². The molecule has 0 N–H and O–H groups in total. The summed E-state index contributed by atoms with van der Waals surface area (Å²) in [4.78, 5) is 2.35. The first-order chi connectivity index (χ1) is 26.8. The molecule has 0 atom stereocenters. The maximum absolute atomic E-state index is 6.34. The van der Waals surface area contributed by atoms with Crippen LogP contribution in [0, 0.1) is 0 Å². The molecule has 0 saturated carbocycles. The number of para-hydroxylation sites is 1. The van der Waals surface area contributed by atoms with Gasteiger partial charge in [-0.2, -0.15) is 0 Å². The molecule has 0 aliphatic carbocycles. The van der Waals surface area contributed by atoms with Crippen LogP contribution in [-0.2, 0) is 0 Å². The number of benzene rings is 9. The SMILES string of the molecule is c1ccc(-c2ccc(N(c3ccc(-c4cccc(-c5cccc(-c6cccc7ccccc67)c5)c4)cc3)c3cccc4oc5ccccc5c34)cc2)cc1. The van der Waals surface area contributed by atoms with Crippen LogP contribution in [0.15, 0.2) is 217 Å². The summed E-state index contributed by atoms with van der Waals surface area (Å²) >= 11 is 0. The Kier molecular flexibility index (Phi) is 7.85. The zero-order valence-electron chi connectivity index (χ0n) is 29.6. The minimum atomic E-state index is 0.873. The van der Waals surface area contributed by atoms with Gasteiger partial charge in [-0.15, -0.1) is 0 Å². The van der Waals surface area contributed by atoms with Gasteiger partial charge in [0, 0.05) is 16.8 Å². The minimum Gasteiger partial charge on any atom is -0.456 e. The first kappa shape index (κ1) is 31.6. The number of nitrogens with zero attached hydrogens (tertiary/aromatic N) is 1. The van der Waals surface area contributed by atoms with Crippen molar-refractivity contribution < 1.29 is 4.42 Å². The Morgan fingerprint density at radius 3 is 1.54 bits per heavy atom. The van der Waals surface area contributed by atoms with Crippen molar-refractivity contribution in [3.63, 3.8) is 0 Å². The largest absolute Gasteiger partial charge is 0.456 e. The number of hydrogen-bond acceptors (Lipinski definition) is 2. The first-order valence-electron chi connectivity index (χ1n) is 18.4. The maximum atomic E-state index is 6.34. The summed E-state index contributed by atoms with van der Waals surface area (Å²) < 4.78 is 6.34. The summed E-state index contributed by atoms with van der Waals surface area (Å²) in [7, 11) is 0. The van der Waals surface area contributed by atoms with Crippen LogP contribution < -0.4 is 4.90 Å². The van der Waals surface area contributed by atoms with E-state index in [0.29, 0.717) is 0 Å². The third-order valence-corrected chi connectivity index (χ3v) is 10.5. The quantitative estimate of drug-likeness (QED) is 0.166. The van der Waals surface area contributed by atoms with Gasteiger partial charge in [-0.05, 0) is 110 Å². The molecule has 54 heavy (non-hydrogen) atoms. The zero-order valence-corrected chi connectivity index (χ0v) is 29.6. The molecule has 1 heterocycles. The monoisotopic (exact) mass is 689 g/mol. The lowest BCUT2D eigenvalue weighted by Crippen LogP contribution is -2.10. The Labute approximate surface area is 314 Å². The van der Waals surface area contributed by atoms with Gasteiger partial charge in [0.05, 0.1) is 11.1 Å². The van der Waals surface area contributed by atoms with Crippen molar-refractivity contribution in [2.45, 2.75) is 0 Å². The highest BCUT2D eigenvalue weighted by atomic mass is 16.3. The summed E-state index contributed by atoms with van der Waals surface area (Å²) in [5.74, 6) is 0. The number of fused-ring (bicyclic) bond motifs is 4. The molecule has 10 rings (SSSR count). The van der Waals surface area contributed by atoms with Crippen LogP contribution in [-0.4, -0.2) is 0 Å². The van der Waals surface area contributed by atoms with Gasteiger partial charge in [0.25, 0.3) is 0 Å². The molecule has 0 aliphatic heterocycles. The van der Waals surface area contributed by atoms with Crippen molar-refractivity contribution in [2.24, 2.45) is 0 Å². The molecule has 2 heteroatoms. The molecule has 0 aliphatic rings. The molecule has 10 aromatic rings. The predicted molar refractivity (Wildman–Crippen MR) is 228 cm³/mol. The van der Waals surface area contributed by atoms with Crippen LogP contribution in [0.5, 0.6) is 0 Å². The molecular weight excluding hydrogens is 655 g/mol. The standard InChI is InChI=1S/C52H35NO/c1-2-12-36(13-3-1)37-26-30-44(31-27-37)53(49-23-11-25-51-52(49)48-21-6-7-24-50(48)54-51)45-32-28-38(29-33-45)40-16-8-17-41(34-40)42-18-9-19-43(35-42)47-22-10-15-39-14-4-5-20-46(39)47/h1-35H. The van der Waals surface area contributed by atoms with E-state index in [1.165, 1.54) is 49.7 Å². The molecule has 2 nitrogen and oxygen atoms in total. The van der Waals surface area contributed by atoms with Crippen molar-refractivity contribution in [1.82, 2.24) is 0 Å².